The van der Waals surface area contributed by atoms with Crippen molar-refractivity contribution in [3.05, 3.63) is 21.9 Å². The van der Waals surface area contributed by atoms with Crippen molar-refractivity contribution < 1.29 is 4.79 Å². The molecule has 0 aliphatic carbocycles. The van der Waals surface area contributed by atoms with Crippen LogP contribution >= 0.6 is 35.0 Å². The topological polar surface area (TPSA) is 54.9 Å². The van der Waals surface area contributed by atoms with Crippen LogP contribution in [0, 0.1) is 5.92 Å². The number of aromatic nitrogens is 2. The molecule has 1 atom stereocenters. The van der Waals surface area contributed by atoms with Crippen molar-refractivity contribution in [3.63, 3.8) is 0 Å². The van der Waals surface area contributed by atoms with E-state index in [1.807, 2.05) is 6.26 Å². The molecule has 17 heavy (non-hydrogen) atoms. The molecular weight excluding hydrogens is 281 g/mol. The van der Waals surface area contributed by atoms with Gasteiger partial charge in [-0.05, 0) is 24.0 Å². The van der Waals surface area contributed by atoms with Crippen LogP contribution in [0.1, 0.15) is 17.3 Å². The van der Waals surface area contributed by atoms with Gasteiger partial charge < -0.3 is 5.32 Å². The lowest BCUT2D eigenvalue weighted by molar-refractivity contribution is 0.0949. The summed E-state index contributed by atoms with van der Waals surface area (Å²) in [6, 6.07) is 1.41. The van der Waals surface area contributed by atoms with E-state index in [9.17, 15) is 4.79 Å². The zero-order chi connectivity index (χ0) is 12.8. The fraction of sp³-hybridized carbons (Fsp3) is 0.500. The van der Waals surface area contributed by atoms with E-state index in [1.54, 1.807) is 11.8 Å². The van der Waals surface area contributed by atoms with Crippen LogP contribution in [0.2, 0.25) is 10.3 Å². The van der Waals surface area contributed by atoms with Gasteiger partial charge in [0.05, 0.1) is 5.56 Å². The van der Waals surface area contributed by atoms with E-state index in [4.69, 9.17) is 23.2 Å². The average molecular weight is 294 g/mol. The molecule has 1 aromatic rings. The van der Waals surface area contributed by atoms with Crippen LogP contribution in [0.3, 0.4) is 0 Å². The first kappa shape index (κ1) is 14.5. The van der Waals surface area contributed by atoms with Crippen molar-refractivity contribution in [2.45, 2.75) is 6.92 Å². The van der Waals surface area contributed by atoms with Gasteiger partial charge in [-0.3, -0.25) is 4.79 Å². The summed E-state index contributed by atoms with van der Waals surface area (Å²) in [4.78, 5) is 11.8. The summed E-state index contributed by atoms with van der Waals surface area (Å²) >= 11 is 13.2. The van der Waals surface area contributed by atoms with E-state index in [2.05, 4.69) is 22.4 Å². The first-order valence-electron chi connectivity index (χ1n) is 5.00. The highest BCUT2D eigenvalue weighted by molar-refractivity contribution is 7.98. The van der Waals surface area contributed by atoms with E-state index < -0.39 is 0 Å². The summed E-state index contributed by atoms with van der Waals surface area (Å²) < 4.78 is 0. The van der Waals surface area contributed by atoms with Crippen molar-refractivity contribution in [2.75, 3.05) is 18.6 Å². The van der Waals surface area contributed by atoms with Gasteiger partial charge in [0.1, 0.15) is 0 Å². The smallest absolute Gasteiger partial charge is 0.254 e. The van der Waals surface area contributed by atoms with Gasteiger partial charge in [0, 0.05) is 6.54 Å². The van der Waals surface area contributed by atoms with E-state index in [1.165, 1.54) is 6.07 Å². The number of nitrogens with one attached hydrogen (secondary N) is 1. The fourth-order valence-electron chi connectivity index (χ4n) is 1.22. The largest absolute Gasteiger partial charge is 0.352 e. The zero-order valence-corrected chi connectivity index (χ0v) is 11.9. The predicted octanol–water partition coefficient (Wildman–Crippen LogP) is 2.51. The molecule has 0 radical (unpaired) electrons. The van der Waals surface area contributed by atoms with Crippen LogP contribution in [0.15, 0.2) is 6.07 Å². The summed E-state index contributed by atoms with van der Waals surface area (Å²) in [5.41, 5.74) is 0.253. The quantitative estimate of drug-likeness (QED) is 0.906. The van der Waals surface area contributed by atoms with Crippen LogP contribution in [0.5, 0.6) is 0 Å². The lowest BCUT2D eigenvalue weighted by Crippen LogP contribution is -2.29. The Labute approximate surface area is 114 Å². The third-order valence-electron chi connectivity index (χ3n) is 2.03. The maximum atomic E-state index is 11.8. The maximum Gasteiger partial charge on any atom is 0.254 e. The Morgan fingerprint density at radius 2 is 2.24 bits per heavy atom. The predicted molar refractivity (Wildman–Crippen MR) is 71.9 cm³/mol. The summed E-state index contributed by atoms with van der Waals surface area (Å²) in [6.07, 6.45) is 2.03. The van der Waals surface area contributed by atoms with Gasteiger partial charge >= 0.3 is 0 Å². The van der Waals surface area contributed by atoms with Gasteiger partial charge in [-0.25, -0.2) is 0 Å². The Balaban J connectivity index is 2.61. The van der Waals surface area contributed by atoms with Crippen LogP contribution in [-0.4, -0.2) is 34.7 Å². The number of hydrogen-bond donors (Lipinski definition) is 1. The maximum absolute atomic E-state index is 11.8. The van der Waals surface area contributed by atoms with Crippen molar-refractivity contribution in [3.8, 4) is 0 Å². The molecule has 1 amide bonds. The second-order valence-corrected chi connectivity index (χ2v) is 5.30. The fourth-order valence-corrected chi connectivity index (χ4v) is 2.23. The Morgan fingerprint density at radius 1 is 1.53 bits per heavy atom. The molecule has 0 aromatic carbocycles. The molecule has 0 fully saturated rings. The molecule has 1 N–H and O–H groups in total. The number of hydrogen-bond acceptors (Lipinski definition) is 4. The van der Waals surface area contributed by atoms with Crippen molar-refractivity contribution in [2.24, 2.45) is 5.92 Å². The van der Waals surface area contributed by atoms with Gasteiger partial charge in [0.15, 0.2) is 10.3 Å². The molecule has 1 aromatic heterocycles. The molecule has 4 nitrogen and oxygen atoms in total. The molecule has 0 saturated carbocycles. The Hall–Kier alpha value is -0.520. The third kappa shape index (κ3) is 4.69. The molecule has 0 saturated heterocycles. The Bertz CT molecular complexity index is 403. The molecule has 7 heteroatoms. The number of amides is 1. The van der Waals surface area contributed by atoms with Crippen LogP contribution in [0.25, 0.3) is 0 Å². The molecule has 1 unspecified atom stereocenters. The minimum Gasteiger partial charge on any atom is -0.352 e. The highest BCUT2D eigenvalue weighted by Crippen LogP contribution is 2.15. The number of rotatable bonds is 5. The minimum atomic E-state index is -0.278. The zero-order valence-electron chi connectivity index (χ0n) is 9.54. The van der Waals surface area contributed by atoms with E-state index >= 15 is 0 Å². The minimum absolute atomic E-state index is 0.0596. The Morgan fingerprint density at radius 3 is 2.88 bits per heavy atom. The molecule has 1 heterocycles. The second kappa shape index (κ2) is 7.03. The van der Waals surface area contributed by atoms with E-state index in [-0.39, 0.29) is 21.8 Å². The van der Waals surface area contributed by atoms with Crippen molar-refractivity contribution in [1.29, 1.82) is 0 Å². The second-order valence-electron chi connectivity index (χ2n) is 3.64. The molecule has 0 aliphatic rings. The van der Waals surface area contributed by atoms with Crippen LogP contribution in [-0.2, 0) is 0 Å². The van der Waals surface area contributed by atoms with E-state index in [0.717, 1.165) is 5.75 Å². The first-order chi connectivity index (χ1) is 8.04. The Kier molecular flexibility index (Phi) is 6.02. The number of carbonyl (C=O) groups excluding carboxylic acids is 1. The van der Waals surface area contributed by atoms with Gasteiger partial charge in [-0.1, -0.05) is 30.1 Å². The van der Waals surface area contributed by atoms with Gasteiger partial charge in [0.25, 0.3) is 5.91 Å². The number of nitrogens with zero attached hydrogens (tertiary/aromatic N) is 2. The van der Waals surface area contributed by atoms with Gasteiger partial charge in [0.2, 0.25) is 0 Å². The molecule has 0 aliphatic heterocycles. The summed E-state index contributed by atoms with van der Waals surface area (Å²) in [6.45, 7) is 2.66. The standard InChI is InChI=1S/C10H13Cl2N3OS/c1-6(5-17-2)4-13-10(16)7-3-8(11)14-15-9(7)12/h3,6H,4-5H2,1-2H3,(H,13,16). The number of halogens is 2. The highest BCUT2D eigenvalue weighted by atomic mass is 35.5. The van der Waals surface area contributed by atoms with E-state index in [0.29, 0.717) is 12.5 Å². The lowest BCUT2D eigenvalue weighted by atomic mass is 10.2. The molecular formula is C10H13Cl2N3OS. The van der Waals surface area contributed by atoms with Crippen molar-refractivity contribution in [1.82, 2.24) is 15.5 Å². The van der Waals surface area contributed by atoms with Gasteiger partial charge in [-0.15, -0.1) is 10.2 Å². The van der Waals surface area contributed by atoms with Crippen LogP contribution < -0.4 is 5.32 Å². The monoisotopic (exact) mass is 293 g/mol. The molecule has 0 bridgehead atoms. The average Bonchev–Trinajstić information content (AvgIpc) is 2.29. The summed E-state index contributed by atoms with van der Waals surface area (Å²) in [5.74, 6) is 1.11. The highest BCUT2D eigenvalue weighted by Gasteiger charge is 2.13. The normalized spacial score (nSPS) is 12.2. The van der Waals surface area contributed by atoms with Crippen molar-refractivity contribution >= 4 is 40.9 Å². The van der Waals surface area contributed by atoms with Gasteiger partial charge in [-0.2, -0.15) is 11.8 Å². The SMILES string of the molecule is CSCC(C)CNC(=O)c1cc(Cl)nnc1Cl. The molecule has 0 spiro atoms. The first-order valence-corrected chi connectivity index (χ1v) is 7.15. The molecule has 1 rings (SSSR count). The number of thioether (sulfide) groups is 1. The third-order valence-corrected chi connectivity index (χ3v) is 3.39. The summed E-state index contributed by atoms with van der Waals surface area (Å²) in [5, 5.41) is 10.1. The summed E-state index contributed by atoms with van der Waals surface area (Å²) in [7, 11) is 0. The lowest BCUT2D eigenvalue weighted by Gasteiger charge is -2.11. The van der Waals surface area contributed by atoms with Crippen LogP contribution in [0.4, 0.5) is 0 Å². The number of carbonyl (C=O) groups is 1. The molecule has 94 valence electrons.